The lowest BCUT2D eigenvalue weighted by atomic mass is 9.94. The second-order valence-corrected chi connectivity index (χ2v) is 9.48. The van der Waals surface area contributed by atoms with Gasteiger partial charge in [0.25, 0.3) is 5.91 Å². The van der Waals surface area contributed by atoms with Crippen LogP contribution >= 0.6 is 23.1 Å². The van der Waals surface area contributed by atoms with E-state index >= 15 is 0 Å². The summed E-state index contributed by atoms with van der Waals surface area (Å²) in [6.45, 7) is 1.43. The zero-order chi connectivity index (χ0) is 20.1. The van der Waals surface area contributed by atoms with E-state index in [1.54, 1.807) is 34.6 Å². The molecule has 28 heavy (non-hydrogen) atoms. The lowest BCUT2D eigenvalue weighted by Gasteiger charge is -2.35. The second-order valence-electron chi connectivity index (χ2n) is 6.92. The van der Waals surface area contributed by atoms with Crippen LogP contribution in [0.2, 0.25) is 0 Å². The molecule has 0 unspecified atom stereocenters. The fraction of sp³-hybridized carbons (Fsp3) is 0.400. The van der Waals surface area contributed by atoms with E-state index in [4.69, 9.17) is 5.21 Å². The number of thiophene rings is 1. The van der Waals surface area contributed by atoms with Crippen molar-refractivity contribution in [2.24, 2.45) is 0 Å². The fourth-order valence-corrected chi connectivity index (χ4v) is 6.19. The number of carbonyl (C=O) groups is 2. The molecule has 1 aromatic heterocycles. The third-order valence-corrected chi connectivity index (χ3v) is 7.85. The number of carbonyl (C=O) groups excluding carboxylic acids is 2. The van der Waals surface area contributed by atoms with Crippen molar-refractivity contribution in [2.75, 3.05) is 11.1 Å². The molecular weight excluding hydrogens is 396 g/mol. The van der Waals surface area contributed by atoms with Gasteiger partial charge in [0.05, 0.1) is 4.75 Å². The Kier molecular flexibility index (Phi) is 6.77. The van der Waals surface area contributed by atoms with E-state index in [2.05, 4.69) is 11.4 Å². The van der Waals surface area contributed by atoms with Crippen molar-refractivity contribution in [2.45, 2.75) is 43.5 Å². The van der Waals surface area contributed by atoms with Gasteiger partial charge in [-0.1, -0.05) is 18.6 Å². The standard InChI is InChI=1S/C20H24N2O4S2/c1-13(23)19(25)21-15-6-4-5-14(11-15)16-7-8-17(28-16)20(12-18(24)22-26)9-2-3-10-27-20/h4-8,11,13,23,26H,2-3,9-10,12H2,1H3,(H,21,25)(H,22,24)/t13-,20-/m0/s1. The largest absolute Gasteiger partial charge is 0.384 e. The normalized spacial score (nSPS) is 20.4. The predicted molar refractivity (Wildman–Crippen MR) is 113 cm³/mol. The topological polar surface area (TPSA) is 98.7 Å². The summed E-state index contributed by atoms with van der Waals surface area (Å²) in [6.07, 6.45) is 2.27. The first kappa shape index (κ1) is 20.9. The molecule has 0 spiro atoms. The second kappa shape index (κ2) is 9.09. The average molecular weight is 421 g/mol. The summed E-state index contributed by atoms with van der Waals surface area (Å²) in [7, 11) is 0. The highest BCUT2D eigenvalue weighted by Crippen LogP contribution is 2.50. The molecule has 4 N–H and O–H groups in total. The van der Waals surface area contributed by atoms with E-state index in [-0.39, 0.29) is 17.1 Å². The van der Waals surface area contributed by atoms with Gasteiger partial charge in [0.2, 0.25) is 5.91 Å². The summed E-state index contributed by atoms with van der Waals surface area (Å²) in [5, 5.41) is 21.1. The van der Waals surface area contributed by atoms with E-state index in [9.17, 15) is 14.7 Å². The number of nitrogens with one attached hydrogen (secondary N) is 2. The summed E-state index contributed by atoms with van der Waals surface area (Å²) in [6, 6.07) is 11.6. The first-order valence-corrected chi connectivity index (χ1v) is 11.0. The SMILES string of the molecule is C[C@H](O)C(=O)Nc1cccc(-c2ccc([C@@]3(CC(=O)NO)CCCCS3)s2)c1. The van der Waals surface area contributed by atoms with Gasteiger partial charge in [0, 0.05) is 21.9 Å². The number of aliphatic hydroxyl groups is 1. The van der Waals surface area contributed by atoms with Crippen LogP contribution < -0.4 is 10.8 Å². The number of anilines is 1. The van der Waals surface area contributed by atoms with E-state index in [1.165, 1.54) is 6.92 Å². The summed E-state index contributed by atoms with van der Waals surface area (Å²) in [5.74, 6) is 0.177. The predicted octanol–water partition coefficient (Wildman–Crippen LogP) is 3.74. The highest BCUT2D eigenvalue weighted by molar-refractivity contribution is 8.00. The number of hydrogen-bond donors (Lipinski definition) is 4. The molecule has 1 aromatic carbocycles. The van der Waals surface area contributed by atoms with Crippen LogP contribution in [0.4, 0.5) is 5.69 Å². The Morgan fingerprint density at radius 3 is 2.75 bits per heavy atom. The molecule has 0 aliphatic carbocycles. The van der Waals surface area contributed by atoms with Crippen LogP contribution in [0.5, 0.6) is 0 Å². The Morgan fingerprint density at radius 1 is 1.25 bits per heavy atom. The van der Waals surface area contributed by atoms with Gasteiger partial charge >= 0.3 is 0 Å². The first-order valence-electron chi connectivity index (χ1n) is 9.20. The van der Waals surface area contributed by atoms with Gasteiger partial charge in [-0.2, -0.15) is 0 Å². The molecule has 3 rings (SSSR count). The molecule has 0 radical (unpaired) electrons. The molecule has 8 heteroatoms. The number of hydrogen-bond acceptors (Lipinski definition) is 6. The van der Waals surface area contributed by atoms with Gasteiger partial charge < -0.3 is 10.4 Å². The molecular formula is C20H24N2O4S2. The summed E-state index contributed by atoms with van der Waals surface area (Å²) >= 11 is 3.42. The molecule has 0 bridgehead atoms. The minimum Gasteiger partial charge on any atom is -0.384 e. The first-order chi connectivity index (χ1) is 13.4. The molecule has 1 aliphatic heterocycles. The van der Waals surface area contributed by atoms with Gasteiger partial charge in [-0.15, -0.1) is 23.1 Å². The maximum absolute atomic E-state index is 11.9. The van der Waals surface area contributed by atoms with Gasteiger partial charge in [0.1, 0.15) is 6.10 Å². The smallest absolute Gasteiger partial charge is 0.252 e. The maximum Gasteiger partial charge on any atom is 0.252 e. The molecule has 1 fully saturated rings. The van der Waals surface area contributed by atoms with Crippen LogP contribution in [0.15, 0.2) is 36.4 Å². The van der Waals surface area contributed by atoms with Crippen molar-refractivity contribution in [3.63, 3.8) is 0 Å². The molecule has 1 saturated heterocycles. The minimum absolute atomic E-state index is 0.249. The van der Waals surface area contributed by atoms with Gasteiger partial charge in [-0.3, -0.25) is 14.8 Å². The third-order valence-electron chi connectivity index (χ3n) is 4.77. The highest BCUT2D eigenvalue weighted by atomic mass is 32.2. The fourth-order valence-electron chi connectivity index (χ4n) is 3.31. The Bertz CT molecular complexity index is 844. The molecule has 2 heterocycles. The van der Waals surface area contributed by atoms with Gasteiger partial charge in [0.15, 0.2) is 0 Å². The van der Waals surface area contributed by atoms with E-state index in [0.29, 0.717) is 5.69 Å². The molecule has 2 atom stereocenters. The van der Waals surface area contributed by atoms with Gasteiger partial charge in [-0.25, -0.2) is 5.48 Å². The quantitative estimate of drug-likeness (QED) is 0.421. The Morgan fingerprint density at radius 2 is 2.07 bits per heavy atom. The zero-order valence-electron chi connectivity index (χ0n) is 15.6. The van der Waals surface area contributed by atoms with Gasteiger partial charge in [-0.05, 0) is 55.3 Å². The van der Waals surface area contributed by atoms with Crippen molar-refractivity contribution in [1.29, 1.82) is 0 Å². The Hall–Kier alpha value is -1.87. The van der Waals surface area contributed by atoms with Crippen molar-refractivity contribution >= 4 is 40.6 Å². The molecule has 1 aliphatic rings. The van der Waals surface area contributed by atoms with Crippen molar-refractivity contribution in [1.82, 2.24) is 5.48 Å². The average Bonchev–Trinajstić information content (AvgIpc) is 3.20. The van der Waals surface area contributed by atoms with Crippen LogP contribution in [0, 0.1) is 0 Å². The van der Waals surface area contributed by atoms with Crippen LogP contribution in [0.1, 0.15) is 37.5 Å². The van der Waals surface area contributed by atoms with Crippen LogP contribution in [-0.4, -0.2) is 34.0 Å². The van der Waals surface area contributed by atoms with E-state index in [0.717, 1.165) is 40.3 Å². The molecule has 2 aromatic rings. The minimum atomic E-state index is -1.07. The summed E-state index contributed by atoms with van der Waals surface area (Å²) in [4.78, 5) is 25.8. The molecule has 2 amide bonds. The zero-order valence-corrected chi connectivity index (χ0v) is 17.2. The van der Waals surface area contributed by atoms with Crippen molar-refractivity contribution in [3.05, 3.63) is 41.3 Å². The number of benzene rings is 1. The lowest BCUT2D eigenvalue weighted by Crippen LogP contribution is -2.32. The number of aliphatic hydroxyl groups excluding tert-OH is 1. The lowest BCUT2D eigenvalue weighted by molar-refractivity contribution is -0.130. The van der Waals surface area contributed by atoms with Crippen molar-refractivity contribution < 1.29 is 19.9 Å². The highest BCUT2D eigenvalue weighted by Gasteiger charge is 2.38. The van der Waals surface area contributed by atoms with Crippen LogP contribution in [0.3, 0.4) is 0 Å². The number of amides is 2. The maximum atomic E-state index is 11.9. The van der Waals surface area contributed by atoms with Crippen molar-refractivity contribution in [3.8, 4) is 10.4 Å². The molecule has 150 valence electrons. The van der Waals surface area contributed by atoms with E-state index < -0.39 is 12.0 Å². The number of hydroxylamine groups is 1. The molecule has 6 nitrogen and oxygen atoms in total. The molecule has 0 saturated carbocycles. The number of rotatable bonds is 6. The third kappa shape index (κ3) is 4.75. The van der Waals surface area contributed by atoms with E-state index in [1.807, 2.05) is 24.3 Å². The van der Waals surface area contributed by atoms with Crippen LogP contribution in [0.25, 0.3) is 10.4 Å². The number of thioether (sulfide) groups is 1. The summed E-state index contributed by atoms with van der Waals surface area (Å²) in [5.41, 5.74) is 3.36. The Balaban J connectivity index is 1.86. The monoisotopic (exact) mass is 420 g/mol. The Labute approximate surface area is 172 Å². The van der Waals surface area contributed by atoms with Crippen LogP contribution in [-0.2, 0) is 14.3 Å². The summed E-state index contributed by atoms with van der Waals surface area (Å²) < 4.78 is -0.313.